The Bertz CT molecular complexity index is 440. The monoisotopic (exact) mass is 315 g/mol. The van der Waals surface area contributed by atoms with E-state index < -0.39 is 0 Å². The summed E-state index contributed by atoms with van der Waals surface area (Å²) in [6.07, 6.45) is 0.927. The van der Waals surface area contributed by atoms with E-state index in [0.717, 1.165) is 12.1 Å². The zero-order valence-corrected chi connectivity index (χ0v) is 13.2. The van der Waals surface area contributed by atoms with Gasteiger partial charge < -0.3 is 19.5 Å². The maximum atomic E-state index is 11.0. The van der Waals surface area contributed by atoms with Gasteiger partial charge in [-0.15, -0.1) is 0 Å². The molecule has 0 aliphatic heterocycles. The second kappa shape index (κ2) is 10.4. The highest BCUT2D eigenvalue weighted by molar-refractivity contribution is 6.32. The molecule has 118 valence electrons. The van der Waals surface area contributed by atoms with Gasteiger partial charge in [-0.05, 0) is 12.5 Å². The second-order valence-electron chi connectivity index (χ2n) is 4.43. The fraction of sp³-hybridized carbons (Fsp3) is 0.533. The summed E-state index contributed by atoms with van der Waals surface area (Å²) in [5.74, 6) is 0.424. The maximum Gasteiger partial charge on any atom is 0.305 e. The summed E-state index contributed by atoms with van der Waals surface area (Å²) in [5, 5.41) is 3.82. The van der Waals surface area contributed by atoms with Crippen LogP contribution in [0.15, 0.2) is 18.2 Å². The molecular formula is C15H22ClNO4. The van der Waals surface area contributed by atoms with Crippen LogP contribution in [0.2, 0.25) is 5.02 Å². The van der Waals surface area contributed by atoms with Gasteiger partial charge in [-0.25, -0.2) is 0 Å². The molecule has 0 radical (unpaired) electrons. The molecule has 0 aromatic heterocycles. The number of rotatable bonds is 10. The molecule has 21 heavy (non-hydrogen) atoms. The summed E-state index contributed by atoms with van der Waals surface area (Å²) in [7, 11) is 3.04. The number of halogens is 1. The molecule has 0 unspecified atom stereocenters. The second-order valence-corrected chi connectivity index (χ2v) is 4.83. The van der Waals surface area contributed by atoms with E-state index in [1.165, 1.54) is 7.11 Å². The number of carbonyl (C=O) groups is 1. The van der Waals surface area contributed by atoms with E-state index in [4.69, 9.17) is 21.1 Å². The van der Waals surface area contributed by atoms with Crippen molar-refractivity contribution in [1.82, 2.24) is 5.32 Å². The van der Waals surface area contributed by atoms with Crippen LogP contribution in [0.5, 0.6) is 5.75 Å². The Labute approximate surface area is 130 Å². The minimum absolute atomic E-state index is 0.237. The first-order valence-electron chi connectivity index (χ1n) is 6.85. The molecule has 0 heterocycles. The molecule has 0 saturated heterocycles. The number of ether oxygens (including phenoxy) is 3. The van der Waals surface area contributed by atoms with Crippen molar-refractivity contribution >= 4 is 17.6 Å². The lowest BCUT2D eigenvalue weighted by Gasteiger charge is -2.13. The first-order chi connectivity index (χ1) is 10.2. The topological polar surface area (TPSA) is 56.8 Å². The van der Waals surface area contributed by atoms with Gasteiger partial charge in [-0.1, -0.05) is 23.7 Å². The van der Waals surface area contributed by atoms with E-state index in [0.29, 0.717) is 43.4 Å². The molecule has 5 nitrogen and oxygen atoms in total. The molecular weight excluding hydrogens is 294 g/mol. The van der Waals surface area contributed by atoms with Crippen LogP contribution in [0, 0.1) is 0 Å². The molecule has 1 rings (SSSR count). The van der Waals surface area contributed by atoms with Gasteiger partial charge in [0, 0.05) is 32.2 Å². The fourth-order valence-corrected chi connectivity index (χ4v) is 1.99. The number of nitrogens with one attached hydrogen (secondary N) is 1. The lowest BCUT2D eigenvalue weighted by atomic mass is 10.2. The summed E-state index contributed by atoms with van der Waals surface area (Å²) < 4.78 is 15.3. The highest BCUT2D eigenvalue weighted by atomic mass is 35.5. The van der Waals surface area contributed by atoms with E-state index in [-0.39, 0.29) is 5.97 Å². The zero-order valence-electron chi connectivity index (χ0n) is 12.5. The SMILES string of the molecule is COCCNCc1cccc(Cl)c1OCCCC(=O)OC. The Hall–Kier alpha value is -1.30. The molecule has 0 bridgehead atoms. The molecule has 1 aromatic carbocycles. The first-order valence-corrected chi connectivity index (χ1v) is 7.23. The van der Waals surface area contributed by atoms with Crippen LogP contribution < -0.4 is 10.1 Å². The molecule has 0 aliphatic carbocycles. The van der Waals surface area contributed by atoms with Gasteiger partial charge in [0.25, 0.3) is 0 Å². The molecule has 0 spiro atoms. The first kappa shape index (κ1) is 17.8. The lowest BCUT2D eigenvalue weighted by molar-refractivity contribution is -0.140. The molecule has 0 saturated carbocycles. The van der Waals surface area contributed by atoms with E-state index in [9.17, 15) is 4.79 Å². The van der Waals surface area contributed by atoms with Crippen LogP contribution in [0.25, 0.3) is 0 Å². The fourth-order valence-electron chi connectivity index (χ4n) is 1.74. The van der Waals surface area contributed by atoms with Crippen molar-refractivity contribution < 1.29 is 19.0 Å². The third-order valence-corrected chi connectivity index (χ3v) is 3.14. The normalized spacial score (nSPS) is 10.4. The molecule has 0 fully saturated rings. The predicted molar refractivity (Wildman–Crippen MR) is 81.8 cm³/mol. The van der Waals surface area contributed by atoms with Gasteiger partial charge >= 0.3 is 5.97 Å². The van der Waals surface area contributed by atoms with E-state index >= 15 is 0 Å². The number of methoxy groups -OCH3 is 2. The molecule has 0 aliphatic rings. The number of benzene rings is 1. The van der Waals surface area contributed by atoms with Crippen LogP contribution in [-0.4, -0.2) is 39.9 Å². The van der Waals surface area contributed by atoms with Crippen LogP contribution in [0.3, 0.4) is 0 Å². The smallest absolute Gasteiger partial charge is 0.305 e. The van der Waals surface area contributed by atoms with Crippen molar-refractivity contribution in [1.29, 1.82) is 0 Å². The quantitative estimate of drug-likeness (QED) is 0.531. The van der Waals surface area contributed by atoms with Crippen molar-refractivity contribution in [2.75, 3.05) is 34.0 Å². The molecule has 1 aromatic rings. The maximum absolute atomic E-state index is 11.0. The van der Waals surface area contributed by atoms with Crippen molar-refractivity contribution in [3.63, 3.8) is 0 Å². The van der Waals surface area contributed by atoms with Crippen molar-refractivity contribution in [2.24, 2.45) is 0 Å². The summed E-state index contributed by atoms with van der Waals surface area (Å²) in [6.45, 7) is 2.47. The largest absolute Gasteiger partial charge is 0.492 e. The van der Waals surface area contributed by atoms with Gasteiger partial charge in [0.1, 0.15) is 5.75 Å². The third-order valence-electron chi connectivity index (χ3n) is 2.85. The van der Waals surface area contributed by atoms with Gasteiger partial charge in [0.15, 0.2) is 0 Å². The van der Waals surface area contributed by atoms with Gasteiger partial charge in [-0.3, -0.25) is 4.79 Å². The predicted octanol–water partition coefficient (Wildman–Crippen LogP) is 2.41. The van der Waals surface area contributed by atoms with Crippen LogP contribution >= 0.6 is 11.6 Å². The van der Waals surface area contributed by atoms with Crippen molar-refractivity contribution in [3.8, 4) is 5.75 Å². The summed E-state index contributed by atoms with van der Waals surface area (Å²) in [5.41, 5.74) is 0.983. The average Bonchev–Trinajstić information content (AvgIpc) is 2.49. The Morgan fingerprint density at radius 1 is 1.29 bits per heavy atom. The van der Waals surface area contributed by atoms with Crippen LogP contribution in [0.4, 0.5) is 0 Å². The van der Waals surface area contributed by atoms with E-state index in [1.807, 2.05) is 12.1 Å². The number of hydrogen-bond acceptors (Lipinski definition) is 5. The number of esters is 1. The standard InChI is InChI=1S/C15H22ClNO4/c1-19-10-8-17-11-12-5-3-6-13(16)15(12)21-9-4-7-14(18)20-2/h3,5-6,17H,4,7-11H2,1-2H3. The van der Waals surface area contributed by atoms with Crippen molar-refractivity contribution in [3.05, 3.63) is 28.8 Å². The van der Waals surface area contributed by atoms with Crippen LogP contribution in [0.1, 0.15) is 18.4 Å². The Kier molecular flexibility index (Phi) is 8.82. The highest BCUT2D eigenvalue weighted by Gasteiger charge is 2.09. The molecule has 0 amide bonds. The zero-order chi connectivity index (χ0) is 15.5. The Morgan fingerprint density at radius 2 is 2.10 bits per heavy atom. The number of para-hydroxylation sites is 1. The van der Waals surface area contributed by atoms with E-state index in [1.54, 1.807) is 13.2 Å². The van der Waals surface area contributed by atoms with Crippen molar-refractivity contribution in [2.45, 2.75) is 19.4 Å². The van der Waals surface area contributed by atoms with E-state index in [2.05, 4.69) is 10.1 Å². The Morgan fingerprint density at radius 3 is 2.81 bits per heavy atom. The molecule has 6 heteroatoms. The summed E-state index contributed by atoms with van der Waals surface area (Å²) in [4.78, 5) is 11.0. The minimum atomic E-state index is -0.237. The Balaban J connectivity index is 2.48. The summed E-state index contributed by atoms with van der Waals surface area (Å²) >= 11 is 6.17. The van der Waals surface area contributed by atoms with Gasteiger partial charge in [-0.2, -0.15) is 0 Å². The number of hydrogen-bond donors (Lipinski definition) is 1. The average molecular weight is 316 g/mol. The van der Waals surface area contributed by atoms with Gasteiger partial charge in [0.05, 0.1) is 25.3 Å². The molecule has 0 atom stereocenters. The minimum Gasteiger partial charge on any atom is -0.492 e. The number of carbonyl (C=O) groups excluding carboxylic acids is 1. The van der Waals surface area contributed by atoms with Crippen LogP contribution in [-0.2, 0) is 20.8 Å². The highest BCUT2D eigenvalue weighted by Crippen LogP contribution is 2.28. The van der Waals surface area contributed by atoms with Gasteiger partial charge in [0.2, 0.25) is 0 Å². The lowest BCUT2D eigenvalue weighted by Crippen LogP contribution is -2.19. The third kappa shape index (κ3) is 6.80. The molecule has 1 N–H and O–H groups in total. The summed E-state index contributed by atoms with van der Waals surface area (Å²) in [6, 6.07) is 5.63.